The molecule has 0 unspecified atom stereocenters. The molecule has 2 N–H and O–H groups in total. The van der Waals surface area contributed by atoms with Crippen molar-refractivity contribution >= 4 is 11.8 Å². The van der Waals surface area contributed by atoms with E-state index in [4.69, 9.17) is 5.73 Å². The molecule has 1 aromatic heterocycles. The van der Waals surface area contributed by atoms with Crippen molar-refractivity contribution in [1.82, 2.24) is 14.5 Å². The number of piperidine rings is 1. The van der Waals surface area contributed by atoms with Gasteiger partial charge in [0.15, 0.2) is 0 Å². The third-order valence-electron chi connectivity index (χ3n) is 7.64. The number of rotatable bonds is 4. The fraction of sp³-hybridized carbons (Fsp3) is 0.762. The van der Waals surface area contributed by atoms with Crippen LogP contribution in [0.15, 0.2) is 12.4 Å². The van der Waals surface area contributed by atoms with Gasteiger partial charge in [-0.15, -0.1) is 0 Å². The van der Waals surface area contributed by atoms with Crippen LogP contribution in [0.25, 0.3) is 0 Å². The van der Waals surface area contributed by atoms with Crippen LogP contribution in [0.5, 0.6) is 0 Å². The van der Waals surface area contributed by atoms with Crippen molar-refractivity contribution < 1.29 is 9.59 Å². The van der Waals surface area contributed by atoms with Crippen molar-refractivity contribution in [1.29, 1.82) is 0 Å². The van der Waals surface area contributed by atoms with E-state index in [0.29, 0.717) is 5.91 Å². The second-order valence-corrected chi connectivity index (χ2v) is 9.67. The van der Waals surface area contributed by atoms with Gasteiger partial charge in [-0.25, -0.2) is 4.98 Å². The van der Waals surface area contributed by atoms with E-state index in [1.54, 1.807) is 6.20 Å². The average Bonchev–Trinajstić information content (AvgIpc) is 3.07. The summed E-state index contributed by atoms with van der Waals surface area (Å²) in [5.41, 5.74) is 5.30. The molecule has 27 heavy (non-hydrogen) atoms. The Balaban J connectivity index is 1.34. The van der Waals surface area contributed by atoms with Gasteiger partial charge in [-0.2, -0.15) is 0 Å². The summed E-state index contributed by atoms with van der Waals surface area (Å²) < 4.78 is 1.85. The van der Waals surface area contributed by atoms with Gasteiger partial charge in [-0.3, -0.25) is 9.59 Å². The summed E-state index contributed by atoms with van der Waals surface area (Å²) in [6, 6.07) is 0. The lowest BCUT2D eigenvalue weighted by molar-refractivity contribution is -0.159. The molecule has 1 atom stereocenters. The Labute approximate surface area is 160 Å². The highest BCUT2D eigenvalue weighted by Gasteiger charge is 2.55. The van der Waals surface area contributed by atoms with E-state index < -0.39 is 0 Å². The zero-order chi connectivity index (χ0) is 18.6. The van der Waals surface area contributed by atoms with Gasteiger partial charge in [-0.05, 0) is 69.1 Å². The van der Waals surface area contributed by atoms with Crippen molar-refractivity contribution in [2.24, 2.45) is 28.9 Å². The van der Waals surface area contributed by atoms with E-state index in [9.17, 15) is 9.59 Å². The third kappa shape index (κ3) is 2.97. The van der Waals surface area contributed by atoms with Crippen molar-refractivity contribution in [3.8, 4) is 0 Å². The van der Waals surface area contributed by atoms with E-state index in [2.05, 4.69) is 9.88 Å². The van der Waals surface area contributed by atoms with Crippen LogP contribution in [-0.2, 0) is 16.1 Å². The second-order valence-electron chi connectivity index (χ2n) is 9.67. The number of aromatic nitrogens is 2. The van der Waals surface area contributed by atoms with Gasteiger partial charge in [-0.1, -0.05) is 0 Å². The first-order valence-electron chi connectivity index (χ1n) is 10.6. The summed E-state index contributed by atoms with van der Waals surface area (Å²) in [7, 11) is 0. The topological polar surface area (TPSA) is 81.2 Å². The fourth-order valence-corrected chi connectivity index (χ4v) is 7.06. The SMILES string of the molecule is NC(=O)Cn1ccnc1[C@@H]1CCCN(C(=O)C23CC4CC(CC(C4)C2)C3)C1. The van der Waals surface area contributed by atoms with Crippen LogP contribution in [0.3, 0.4) is 0 Å². The lowest BCUT2D eigenvalue weighted by Gasteiger charge is -2.57. The maximum absolute atomic E-state index is 13.7. The van der Waals surface area contributed by atoms with Crippen molar-refractivity contribution in [2.75, 3.05) is 13.1 Å². The first kappa shape index (κ1) is 17.3. The minimum atomic E-state index is -0.355. The quantitative estimate of drug-likeness (QED) is 0.883. The number of likely N-dealkylation sites (tertiary alicyclic amines) is 1. The number of imidazole rings is 1. The molecule has 1 saturated heterocycles. The average molecular weight is 370 g/mol. The number of hydrogen-bond acceptors (Lipinski definition) is 3. The summed E-state index contributed by atoms with van der Waals surface area (Å²) in [5.74, 6) is 3.52. The number of amides is 2. The summed E-state index contributed by atoms with van der Waals surface area (Å²) in [6.07, 6.45) is 13.0. The molecule has 1 aromatic rings. The molecular weight excluding hydrogens is 340 g/mol. The highest BCUT2D eigenvalue weighted by Crippen LogP contribution is 2.60. The molecule has 4 bridgehead atoms. The predicted octanol–water partition coefficient (Wildman–Crippen LogP) is 2.29. The van der Waals surface area contributed by atoms with Gasteiger partial charge in [0.1, 0.15) is 12.4 Å². The van der Waals surface area contributed by atoms with Gasteiger partial charge in [0.2, 0.25) is 11.8 Å². The van der Waals surface area contributed by atoms with E-state index in [1.807, 2.05) is 10.8 Å². The molecule has 4 saturated carbocycles. The zero-order valence-corrected chi connectivity index (χ0v) is 16.0. The lowest BCUT2D eigenvalue weighted by Crippen LogP contribution is -2.56. The molecule has 0 radical (unpaired) electrons. The number of nitrogens with zero attached hydrogens (tertiary/aromatic N) is 3. The molecule has 5 aliphatic rings. The number of hydrogen-bond donors (Lipinski definition) is 1. The first-order valence-corrected chi connectivity index (χ1v) is 10.6. The van der Waals surface area contributed by atoms with Crippen molar-refractivity contribution in [2.45, 2.75) is 63.8 Å². The van der Waals surface area contributed by atoms with Crippen LogP contribution in [0, 0.1) is 23.2 Å². The van der Waals surface area contributed by atoms with E-state index in [-0.39, 0.29) is 23.8 Å². The van der Waals surface area contributed by atoms with Crippen LogP contribution in [0.1, 0.15) is 63.1 Å². The molecule has 146 valence electrons. The molecule has 2 heterocycles. The number of primary amides is 1. The molecular formula is C21H30N4O2. The molecule has 0 spiro atoms. The van der Waals surface area contributed by atoms with Gasteiger partial charge in [0, 0.05) is 31.4 Å². The van der Waals surface area contributed by atoms with Crippen LogP contribution >= 0.6 is 0 Å². The molecule has 6 nitrogen and oxygen atoms in total. The Morgan fingerprint density at radius 1 is 1.15 bits per heavy atom. The maximum Gasteiger partial charge on any atom is 0.237 e. The molecule has 4 aliphatic carbocycles. The van der Waals surface area contributed by atoms with Gasteiger partial charge in [0.25, 0.3) is 0 Å². The standard InChI is InChI=1S/C21H30N4O2/c22-18(26)13-24-5-3-23-19(24)17-2-1-4-25(12-17)20(27)21-9-14-6-15(10-21)8-16(7-14)11-21/h3,5,14-17H,1-2,4,6-13H2,(H2,22,26)/t14?,15?,16?,17-,21?/m1/s1. The van der Waals surface area contributed by atoms with Crippen molar-refractivity contribution in [3.63, 3.8) is 0 Å². The van der Waals surface area contributed by atoms with E-state index >= 15 is 0 Å². The predicted molar refractivity (Wildman–Crippen MR) is 101 cm³/mol. The van der Waals surface area contributed by atoms with E-state index in [0.717, 1.165) is 68.8 Å². The second kappa shape index (κ2) is 6.35. The smallest absolute Gasteiger partial charge is 0.237 e. The lowest BCUT2D eigenvalue weighted by atomic mass is 9.49. The molecule has 1 aliphatic heterocycles. The normalized spacial score (nSPS) is 37.6. The Bertz CT molecular complexity index is 720. The number of carbonyl (C=O) groups excluding carboxylic acids is 2. The Morgan fingerprint density at radius 2 is 1.81 bits per heavy atom. The van der Waals surface area contributed by atoms with Crippen molar-refractivity contribution in [3.05, 3.63) is 18.2 Å². The molecule has 6 rings (SSSR count). The van der Waals surface area contributed by atoms with Gasteiger partial charge < -0.3 is 15.2 Å². The number of nitrogens with two attached hydrogens (primary N) is 1. The molecule has 0 aromatic carbocycles. The first-order chi connectivity index (χ1) is 13.0. The Kier molecular flexibility index (Phi) is 4.06. The van der Waals surface area contributed by atoms with Gasteiger partial charge >= 0.3 is 0 Å². The van der Waals surface area contributed by atoms with Crippen LogP contribution < -0.4 is 5.73 Å². The molecule has 2 amide bonds. The maximum atomic E-state index is 13.7. The third-order valence-corrected chi connectivity index (χ3v) is 7.64. The summed E-state index contributed by atoms with van der Waals surface area (Å²) in [5, 5.41) is 0. The largest absolute Gasteiger partial charge is 0.368 e. The highest BCUT2D eigenvalue weighted by molar-refractivity contribution is 5.83. The summed E-state index contributed by atoms with van der Waals surface area (Å²) in [6.45, 7) is 1.76. The highest BCUT2D eigenvalue weighted by atomic mass is 16.2. The molecule has 5 fully saturated rings. The Morgan fingerprint density at radius 3 is 2.44 bits per heavy atom. The van der Waals surface area contributed by atoms with Gasteiger partial charge in [0.05, 0.1) is 5.41 Å². The summed E-state index contributed by atoms with van der Waals surface area (Å²) >= 11 is 0. The molecule has 6 heteroatoms. The monoisotopic (exact) mass is 370 g/mol. The minimum absolute atomic E-state index is 0.0702. The fourth-order valence-electron chi connectivity index (χ4n) is 7.06. The Hall–Kier alpha value is -1.85. The number of carbonyl (C=O) groups is 2. The van der Waals surface area contributed by atoms with Crippen LogP contribution in [-0.4, -0.2) is 39.4 Å². The van der Waals surface area contributed by atoms with E-state index in [1.165, 1.54) is 19.3 Å². The summed E-state index contributed by atoms with van der Waals surface area (Å²) in [4.78, 5) is 31.6. The van der Waals surface area contributed by atoms with Crippen LogP contribution in [0.4, 0.5) is 0 Å². The zero-order valence-electron chi connectivity index (χ0n) is 16.0. The minimum Gasteiger partial charge on any atom is -0.368 e. The van der Waals surface area contributed by atoms with Crippen LogP contribution in [0.2, 0.25) is 0 Å².